The number of morpholine rings is 1. The average Bonchev–Trinajstić information content (AvgIpc) is 2.74. The largest absolute Gasteiger partial charge is 0.379 e. The maximum absolute atomic E-state index is 12.8. The Morgan fingerprint density at radius 3 is 2.40 bits per heavy atom. The van der Waals surface area contributed by atoms with E-state index in [4.69, 9.17) is 16.3 Å². The maximum Gasteiger partial charge on any atom is 0.253 e. The Morgan fingerprint density at radius 1 is 1.03 bits per heavy atom. The van der Waals surface area contributed by atoms with Gasteiger partial charge in [0.25, 0.3) is 5.91 Å². The second-order valence-electron chi connectivity index (χ2n) is 7.50. The summed E-state index contributed by atoms with van der Waals surface area (Å²) in [4.78, 5) is 27.8. The standard InChI is InChI=1S/C23H28ClN3O3/c1-17(16-27-11-13-30-14-12-27)25-22(28)15-21(18-7-3-2-4-8-18)26-23(29)19-9-5-6-10-20(19)24/h2-10,17,21H,11-16H2,1H3,(H,25,28)(H,26,29). The van der Waals surface area contributed by atoms with E-state index in [1.54, 1.807) is 24.3 Å². The highest BCUT2D eigenvalue weighted by Gasteiger charge is 2.22. The number of nitrogens with one attached hydrogen (secondary N) is 2. The number of rotatable bonds is 8. The summed E-state index contributed by atoms with van der Waals surface area (Å²) in [5, 5.41) is 6.40. The van der Waals surface area contributed by atoms with Gasteiger partial charge in [-0.2, -0.15) is 0 Å². The van der Waals surface area contributed by atoms with Gasteiger partial charge in [-0.05, 0) is 24.6 Å². The molecule has 6 nitrogen and oxygen atoms in total. The molecular weight excluding hydrogens is 402 g/mol. The van der Waals surface area contributed by atoms with Gasteiger partial charge in [0.2, 0.25) is 5.91 Å². The van der Waals surface area contributed by atoms with E-state index in [1.807, 2.05) is 37.3 Å². The van der Waals surface area contributed by atoms with Crippen molar-refractivity contribution in [3.8, 4) is 0 Å². The van der Waals surface area contributed by atoms with Crippen LogP contribution in [0.5, 0.6) is 0 Å². The van der Waals surface area contributed by atoms with E-state index in [9.17, 15) is 9.59 Å². The van der Waals surface area contributed by atoms with Crippen LogP contribution >= 0.6 is 11.6 Å². The van der Waals surface area contributed by atoms with Crippen LogP contribution in [-0.4, -0.2) is 55.6 Å². The molecule has 0 aliphatic carbocycles. The Balaban J connectivity index is 1.63. The fourth-order valence-corrected chi connectivity index (χ4v) is 3.78. The molecule has 2 atom stereocenters. The Kier molecular flexibility index (Phi) is 8.25. The number of ether oxygens (including phenoxy) is 1. The lowest BCUT2D eigenvalue weighted by atomic mass is 10.0. The maximum atomic E-state index is 12.8. The fraction of sp³-hybridized carbons (Fsp3) is 0.391. The van der Waals surface area contributed by atoms with Crippen LogP contribution in [-0.2, 0) is 9.53 Å². The van der Waals surface area contributed by atoms with Crippen molar-refractivity contribution in [2.45, 2.75) is 25.4 Å². The SMILES string of the molecule is CC(CN1CCOCC1)NC(=O)CC(NC(=O)c1ccccc1Cl)c1ccccc1. The molecule has 1 saturated heterocycles. The van der Waals surface area contributed by atoms with Crippen LogP contribution in [0.25, 0.3) is 0 Å². The molecule has 2 N–H and O–H groups in total. The topological polar surface area (TPSA) is 70.7 Å². The van der Waals surface area contributed by atoms with Crippen LogP contribution < -0.4 is 10.6 Å². The highest BCUT2D eigenvalue weighted by molar-refractivity contribution is 6.33. The van der Waals surface area contributed by atoms with Gasteiger partial charge < -0.3 is 15.4 Å². The number of benzene rings is 2. The van der Waals surface area contributed by atoms with Gasteiger partial charge >= 0.3 is 0 Å². The molecule has 2 amide bonds. The summed E-state index contributed by atoms with van der Waals surface area (Å²) in [6.45, 7) is 5.97. The molecule has 160 valence electrons. The van der Waals surface area contributed by atoms with Crippen LogP contribution in [0, 0.1) is 0 Å². The quantitative estimate of drug-likeness (QED) is 0.676. The predicted octanol–water partition coefficient (Wildman–Crippen LogP) is 3.04. The molecule has 0 radical (unpaired) electrons. The highest BCUT2D eigenvalue weighted by Crippen LogP contribution is 2.20. The zero-order chi connectivity index (χ0) is 21.3. The van der Waals surface area contributed by atoms with E-state index in [0.717, 1.165) is 38.4 Å². The molecule has 0 saturated carbocycles. The number of halogens is 1. The molecule has 1 heterocycles. The summed E-state index contributed by atoms with van der Waals surface area (Å²) in [5.41, 5.74) is 1.26. The van der Waals surface area contributed by atoms with Gasteiger partial charge in [-0.25, -0.2) is 0 Å². The smallest absolute Gasteiger partial charge is 0.253 e. The molecule has 2 unspecified atom stereocenters. The third-order valence-electron chi connectivity index (χ3n) is 5.06. The van der Waals surface area contributed by atoms with E-state index in [2.05, 4.69) is 15.5 Å². The molecule has 0 spiro atoms. The fourth-order valence-electron chi connectivity index (χ4n) is 3.55. The zero-order valence-corrected chi connectivity index (χ0v) is 17.9. The van der Waals surface area contributed by atoms with Gasteiger partial charge in [-0.1, -0.05) is 54.1 Å². The minimum absolute atomic E-state index is 0.00583. The molecule has 1 fully saturated rings. The molecule has 2 aromatic carbocycles. The van der Waals surface area contributed by atoms with Crippen LogP contribution in [0.3, 0.4) is 0 Å². The minimum Gasteiger partial charge on any atom is -0.379 e. The lowest BCUT2D eigenvalue weighted by molar-refractivity contribution is -0.122. The van der Waals surface area contributed by atoms with Gasteiger partial charge in [0.1, 0.15) is 0 Å². The van der Waals surface area contributed by atoms with Gasteiger partial charge in [0, 0.05) is 25.7 Å². The summed E-state index contributed by atoms with van der Waals surface area (Å²) in [5.74, 6) is -0.410. The summed E-state index contributed by atoms with van der Waals surface area (Å²) in [6.07, 6.45) is 0.146. The predicted molar refractivity (Wildman–Crippen MR) is 118 cm³/mol. The molecule has 30 heavy (non-hydrogen) atoms. The first-order valence-corrected chi connectivity index (χ1v) is 10.6. The normalized spacial score (nSPS) is 16.5. The summed E-state index contributed by atoms with van der Waals surface area (Å²) < 4.78 is 5.37. The summed E-state index contributed by atoms with van der Waals surface area (Å²) in [7, 11) is 0. The number of carbonyl (C=O) groups excluding carboxylic acids is 2. The Bertz CT molecular complexity index is 841. The lowest BCUT2D eigenvalue weighted by Crippen LogP contribution is -2.46. The molecular formula is C23H28ClN3O3. The van der Waals surface area contributed by atoms with Crippen LogP contribution in [0.15, 0.2) is 54.6 Å². The Morgan fingerprint density at radius 2 is 1.70 bits per heavy atom. The second kappa shape index (κ2) is 11.1. The van der Waals surface area contributed by atoms with E-state index in [0.29, 0.717) is 10.6 Å². The first-order chi connectivity index (χ1) is 14.5. The molecule has 2 aromatic rings. The lowest BCUT2D eigenvalue weighted by Gasteiger charge is -2.29. The third kappa shape index (κ3) is 6.55. The molecule has 0 bridgehead atoms. The van der Waals surface area contributed by atoms with Crippen molar-refractivity contribution >= 4 is 23.4 Å². The van der Waals surface area contributed by atoms with Gasteiger partial charge in [-0.15, -0.1) is 0 Å². The second-order valence-corrected chi connectivity index (χ2v) is 7.91. The highest BCUT2D eigenvalue weighted by atomic mass is 35.5. The molecule has 1 aliphatic heterocycles. The number of nitrogens with zero attached hydrogens (tertiary/aromatic N) is 1. The Hall–Kier alpha value is -2.41. The van der Waals surface area contributed by atoms with E-state index in [1.165, 1.54) is 0 Å². The summed E-state index contributed by atoms with van der Waals surface area (Å²) >= 11 is 6.16. The number of carbonyl (C=O) groups is 2. The van der Waals surface area contributed by atoms with Crippen molar-refractivity contribution in [3.63, 3.8) is 0 Å². The van der Waals surface area contributed by atoms with Crippen molar-refractivity contribution in [2.75, 3.05) is 32.8 Å². The molecule has 3 rings (SSSR count). The monoisotopic (exact) mass is 429 g/mol. The molecule has 7 heteroatoms. The number of hydrogen-bond acceptors (Lipinski definition) is 4. The van der Waals surface area contributed by atoms with Crippen molar-refractivity contribution in [3.05, 3.63) is 70.7 Å². The van der Waals surface area contributed by atoms with Crippen molar-refractivity contribution in [1.82, 2.24) is 15.5 Å². The minimum atomic E-state index is -0.453. The average molecular weight is 430 g/mol. The molecule has 0 aromatic heterocycles. The molecule has 1 aliphatic rings. The zero-order valence-electron chi connectivity index (χ0n) is 17.1. The van der Waals surface area contributed by atoms with Gasteiger partial charge in [0.15, 0.2) is 0 Å². The van der Waals surface area contributed by atoms with Crippen LogP contribution in [0.1, 0.15) is 35.3 Å². The van der Waals surface area contributed by atoms with E-state index < -0.39 is 6.04 Å². The van der Waals surface area contributed by atoms with Crippen molar-refractivity contribution in [1.29, 1.82) is 0 Å². The first-order valence-electron chi connectivity index (χ1n) is 10.2. The van der Waals surface area contributed by atoms with Crippen molar-refractivity contribution < 1.29 is 14.3 Å². The van der Waals surface area contributed by atoms with Crippen LogP contribution in [0.4, 0.5) is 0 Å². The van der Waals surface area contributed by atoms with Crippen LogP contribution in [0.2, 0.25) is 5.02 Å². The first kappa shape index (κ1) is 22.3. The Labute approximate surface area is 182 Å². The van der Waals surface area contributed by atoms with Crippen molar-refractivity contribution in [2.24, 2.45) is 0 Å². The number of hydrogen-bond donors (Lipinski definition) is 2. The third-order valence-corrected chi connectivity index (χ3v) is 5.39. The van der Waals surface area contributed by atoms with Gasteiger partial charge in [0.05, 0.1) is 36.3 Å². The number of amides is 2. The van der Waals surface area contributed by atoms with E-state index >= 15 is 0 Å². The van der Waals surface area contributed by atoms with Gasteiger partial charge in [-0.3, -0.25) is 14.5 Å². The summed E-state index contributed by atoms with van der Waals surface area (Å²) in [6, 6.07) is 15.9. The van der Waals surface area contributed by atoms with E-state index in [-0.39, 0.29) is 24.3 Å².